The molecule has 0 radical (unpaired) electrons. The van der Waals surface area contributed by atoms with Gasteiger partial charge in [0.05, 0.1) is 29.8 Å². The van der Waals surface area contributed by atoms with E-state index >= 15 is 0 Å². The summed E-state index contributed by atoms with van der Waals surface area (Å²) in [6, 6.07) is 8.32. The van der Waals surface area contributed by atoms with Gasteiger partial charge in [-0.1, -0.05) is 17.3 Å². The van der Waals surface area contributed by atoms with Crippen molar-refractivity contribution in [2.24, 2.45) is 0 Å². The maximum Gasteiger partial charge on any atom is 0.133 e. The van der Waals surface area contributed by atoms with E-state index in [4.69, 9.17) is 4.52 Å². The molecule has 0 fully saturated rings. The second kappa shape index (κ2) is 5.67. The van der Waals surface area contributed by atoms with Crippen molar-refractivity contribution in [2.45, 2.75) is 34.2 Å². The fourth-order valence-corrected chi connectivity index (χ4v) is 2.46. The van der Waals surface area contributed by atoms with E-state index in [9.17, 15) is 0 Å². The summed E-state index contributed by atoms with van der Waals surface area (Å²) in [7, 11) is 0. The van der Waals surface area contributed by atoms with E-state index in [1.807, 2.05) is 23.9 Å². The van der Waals surface area contributed by atoms with Gasteiger partial charge < -0.3 is 9.84 Å². The molecular formula is C17H20N4O. The highest BCUT2D eigenvalue weighted by molar-refractivity contribution is 5.52. The molecule has 1 aromatic carbocycles. The number of nitrogens with zero attached hydrogens (tertiary/aromatic N) is 3. The minimum Gasteiger partial charge on any atom is -0.376 e. The highest BCUT2D eigenvalue weighted by Gasteiger charge is 2.10. The Morgan fingerprint density at radius 3 is 2.68 bits per heavy atom. The van der Waals surface area contributed by atoms with Crippen LogP contribution in [0.25, 0.3) is 5.69 Å². The lowest BCUT2D eigenvalue weighted by molar-refractivity contribution is 0.391. The van der Waals surface area contributed by atoms with Crippen molar-refractivity contribution in [2.75, 3.05) is 5.32 Å². The van der Waals surface area contributed by atoms with Gasteiger partial charge in [-0.3, -0.25) is 0 Å². The SMILES string of the molecule is Cc1ccc(C)c(-n2ncc(NCc3cc(C)on3)c2C)c1. The van der Waals surface area contributed by atoms with Crippen LogP contribution in [0.5, 0.6) is 0 Å². The van der Waals surface area contributed by atoms with Gasteiger partial charge in [0.15, 0.2) is 0 Å². The first-order valence-corrected chi connectivity index (χ1v) is 7.33. The molecule has 3 rings (SSSR count). The van der Waals surface area contributed by atoms with Crippen LogP contribution in [0.4, 0.5) is 5.69 Å². The van der Waals surface area contributed by atoms with Crippen LogP contribution in [-0.4, -0.2) is 14.9 Å². The second-order valence-corrected chi connectivity index (χ2v) is 5.63. The van der Waals surface area contributed by atoms with E-state index < -0.39 is 0 Å². The van der Waals surface area contributed by atoms with Gasteiger partial charge in [0.25, 0.3) is 0 Å². The number of aromatic nitrogens is 3. The molecule has 0 aliphatic heterocycles. The third-order valence-electron chi connectivity index (χ3n) is 3.74. The molecule has 0 aliphatic rings. The minimum absolute atomic E-state index is 0.622. The fraction of sp³-hybridized carbons (Fsp3) is 0.294. The van der Waals surface area contributed by atoms with Crippen LogP contribution >= 0.6 is 0 Å². The predicted molar refractivity (Wildman–Crippen MR) is 86.3 cm³/mol. The van der Waals surface area contributed by atoms with Gasteiger partial charge in [-0.2, -0.15) is 5.10 Å². The zero-order valence-corrected chi connectivity index (χ0v) is 13.3. The number of rotatable bonds is 4. The lowest BCUT2D eigenvalue weighted by Gasteiger charge is -2.10. The van der Waals surface area contributed by atoms with Crippen LogP contribution in [0.2, 0.25) is 0 Å². The summed E-state index contributed by atoms with van der Waals surface area (Å²) in [5.74, 6) is 0.819. The van der Waals surface area contributed by atoms with Crippen molar-refractivity contribution < 1.29 is 4.52 Å². The fourth-order valence-electron chi connectivity index (χ4n) is 2.46. The minimum atomic E-state index is 0.622. The van der Waals surface area contributed by atoms with Crippen LogP contribution < -0.4 is 5.32 Å². The first-order valence-electron chi connectivity index (χ1n) is 7.33. The Hall–Kier alpha value is -2.56. The van der Waals surface area contributed by atoms with Gasteiger partial charge >= 0.3 is 0 Å². The normalized spacial score (nSPS) is 10.9. The largest absolute Gasteiger partial charge is 0.376 e. The number of hydrogen-bond acceptors (Lipinski definition) is 4. The molecule has 0 saturated heterocycles. The van der Waals surface area contributed by atoms with Crippen LogP contribution in [0.15, 0.2) is 35.0 Å². The van der Waals surface area contributed by atoms with Crippen LogP contribution in [0.3, 0.4) is 0 Å². The number of anilines is 1. The molecule has 0 atom stereocenters. The quantitative estimate of drug-likeness (QED) is 0.797. The average Bonchev–Trinajstić information content (AvgIpc) is 3.06. The summed E-state index contributed by atoms with van der Waals surface area (Å²) < 4.78 is 7.05. The van der Waals surface area contributed by atoms with Crippen molar-refractivity contribution in [3.8, 4) is 5.69 Å². The van der Waals surface area contributed by atoms with E-state index in [0.717, 1.165) is 28.5 Å². The molecule has 114 valence electrons. The molecule has 22 heavy (non-hydrogen) atoms. The standard InChI is InChI=1S/C17H20N4O/c1-11-5-6-12(2)17(7-11)21-14(4)16(10-19-21)18-9-15-8-13(3)22-20-15/h5-8,10,18H,9H2,1-4H3. The van der Waals surface area contributed by atoms with Crippen molar-refractivity contribution >= 4 is 5.69 Å². The third-order valence-corrected chi connectivity index (χ3v) is 3.74. The highest BCUT2D eigenvalue weighted by Crippen LogP contribution is 2.22. The predicted octanol–water partition coefficient (Wildman–Crippen LogP) is 3.71. The topological polar surface area (TPSA) is 55.9 Å². The number of aryl methyl sites for hydroxylation is 3. The van der Waals surface area contributed by atoms with E-state index in [0.29, 0.717) is 6.54 Å². The Labute approximate surface area is 129 Å². The Kier molecular flexibility index (Phi) is 3.71. The molecule has 5 heteroatoms. The molecule has 0 spiro atoms. The second-order valence-electron chi connectivity index (χ2n) is 5.63. The van der Waals surface area contributed by atoms with Gasteiger partial charge in [0.1, 0.15) is 11.5 Å². The highest BCUT2D eigenvalue weighted by atomic mass is 16.5. The van der Waals surface area contributed by atoms with Crippen LogP contribution in [-0.2, 0) is 6.54 Å². The van der Waals surface area contributed by atoms with E-state index in [2.05, 4.69) is 54.5 Å². The van der Waals surface area contributed by atoms with Crippen LogP contribution in [0.1, 0.15) is 28.3 Å². The zero-order valence-electron chi connectivity index (χ0n) is 13.3. The summed E-state index contributed by atoms with van der Waals surface area (Å²) in [4.78, 5) is 0. The van der Waals surface area contributed by atoms with Gasteiger partial charge in [-0.25, -0.2) is 4.68 Å². The molecule has 5 nitrogen and oxygen atoms in total. The first-order chi connectivity index (χ1) is 10.5. The van der Waals surface area contributed by atoms with Crippen molar-refractivity contribution in [3.05, 3.63) is 58.7 Å². The van der Waals surface area contributed by atoms with Crippen LogP contribution in [0, 0.1) is 27.7 Å². The smallest absolute Gasteiger partial charge is 0.133 e. The monoisotopic (exact) mass is 296 g/mol. The molecule has 3 aromatic rings. The maximum absolute atomic E-state index is 5.08. The van der Waals surface area contributed by atoms with Gasteiger partial charge in [-0.15, -0.1) is 0 Å². The maximum atomic E-state index is 5.08. The Morgan fingerprint density at radius 2 is 1.95 bits per heavy atom. The summed E-state index contributed by atoms with van der Waals surface area (Å²) in [6.07, 6.45) is 1.85. The molecule has 0 unspecified atom stereocenters. The van der Waals surface area contributed by atoms with E-state index in [-0.39, 0.29) is 0 Å². The summed E-state index contributed by atoms with van der Waals surface area (Å²) in [6.45, 7) is 8.76. The number of benzene rings is 1. The van der Waals surface area contributed by atoms with Crippen molar-refractivity contribution in [1.29, 1.82) is 0 Å². The Bertz CT molecular complexity index is 801. The molecule has 0 amide bonds. The van der Waals surface area contributed by atoms with Gasteiger partial charge in [-0.05, 0) is 44.9 Å². The van der Waals surface area contributed by atoms with Crippen molar-refractivity contribution in [1.82, 2.24) is 14.9 Å². The molecule has 0 saturated carbocycles. The molecule has 2 heterocycles. The lowest BCUT2D eigenvalue weighted by Crippen LogP contribution is -2.04. The molecule has 1 N–H and O–H groups in total. The first kappa shape index (κ1) is 14.4. The zero-order chi connectivity index (χ0) is 15.7. The Balaban J connectivity index is 1.84. The van der Waals surface area contributed by atoms with Crippen molar-refractivity contribution in [3.63, 3.8) is 0 Å². The van der Waals surface area contributed by atoms with Gasteiger partial charge in [0.2, 0.25) is 0 Å². The number of hydrogen-bond donors (Lipinski definition) is 1. The van der Waals surface area contributed by atoms with Gasteiger partial charge in [0, 0.05) is 6.07 Å². The summed E-state index contributed by atoms with van der Waals surface area (Å²) >= 11 is 0. The summed E-state index contributed by atoms with van der Waals surface area (Å²) in [5.41, 5.74) is 6.51. The molecule has 2 aromatic heterocycles. The lowest BCUT2D eigenvalue weighted by atomic mass is 10.1. The van der Waals surface area contributed by atoms with E-state index in [1.54, 1.807) is 0 Å². The van der Waals surface area contributed by atoms with E-state index in [1.165, 1.54) is 11.1 Å². The number of nitrogens with one attached hydrogen (secondary N) is 1. The Morgan fingerprint density at radius 1 is 1.14 bits per heavy atom. The molecule has 0 bridgehead atoms. The molecular weight excluding hydrogens is 276 g/mol. The third kappa shape index (κ3) is 2.74. The summed E-state index contributed by atoms with van der Waals surface area (Å²) in [5, 5.41) is 11.9. The molecule has 0 aliphatic carbocycles. The average molecular weight is 296 g/mol.